The second kappa shape index (κ2) is 7.03. The molecule has 1 aliphatic heterocycles. The fraction of sp³-hybridized carbons (Fsp3) is 0.353. The molecule has 1 aromatic carbocycles. The van der Waals surface area contributed by atoms with Gasteiger partial charge in [-0.2, -0.15) is 11.8 Å². The average Bonchev–Trinajstić information content (AvgIpc) is 2.99. The maximum atomic E-state index is 12.4. The van der Waals surface area contributed by atoms with Crippen molar-refractivity contribution < 1.29 is 4.79 Å². The molecule has 126 valence electrons. The van der Waals surface area contributed by atoms with Gasteiger partial charge in [0.05, 0.1) is 10.9 Å². The van der Waals surface area contributed by atoms with Gasteiger partial charge in [0.25, 0.3) is 5.56 Å². The van der Waals surface area contributed by atoms with Gasteiger partial charge >= 0.3 is 0 Å². The van der Waals surface area contributed by atoms with Gasteiger partial charge < -0.3 is 10.3 Å². The van der Waals surface area contributed by atoms with E-state index < -0.39 is 0 Å². The molecule has 0 fully saturated rings. The van der Waals surface area contributed by atoms with Gasteiger partial charge in [-0.05, 0) is 38.0 Å². The summed E-state index contributed by atoms with van der Waals surface area (Å²) in [6, 6.07) is 5.96. The van der Waals surface area contributed by atoms with Crippen LogP contribution in [0, 0.1) is 13.8 Å². The Labute approximate surface area is 149 Å². The number of nitrogens with zero attached hydrogens (tertiary/aromatic N) is 1. The number of hydrogen-bond donors (Lipinski definition) is 2. The van der Waals surface area contributed by atoms with E-state index >= 15 is 0 Å². The van der Waals surface area contributed by atoms with Gasteiger partial charge in [-0.1, -0.05) is 23.9 Å². The van der Waals surface area contributed by atoms with Gasteiger partial charge in [0.15, 0.2) is 5.16 Å². The number of aromatic amines is 1. The van der Waals surface area contributed by atoms with Crippen molar-refractivity contribution >= 4 is 35.1 Å². The first-order chi connectivity index (χ1) is 11.4. The van der Waals surface area contributed by atoms with Gasteiger partial charge in [0, 0.05) is 22.8 Å². The van der Waals surface area contributed by atoms with Gasteiger partial charge in [-0.15, -0.1) is 0 Å². The number of hydrogen-bond acceptors (Lipinski definition) is 5. The van der Waals surface area contributed by atoms with Crippen molar-refractivity contribution in [1.29, 1.82) is 0 Å². The van der Waals surface area contributed by atoms with Crippen LogP contribution >= 0.6 is 23.5 Å². The van der Waals surface area contributed by atoms with E-state index in [1.807, 2.05) is 39.0 Å². The number of amides is 1. The van der Waals surface area contributed by atoms with Crippen LogP contribution in [-0.2, 0) is 16.3 Å². The Hall–Kier alpha value is -1.73. The van der Waals surface area contributed by atoms with Crippen molar-refractivity contribution in [1.82, 2.24) is 9.97 Å². The van der Waals surface area contributed by atoms with Crippen LogP contribution in [0.2, 0.25) is 0 Å². The summed E-state index contributed by atoms with van der Waals surface area (Å²) in [7, 11) is 0. The van der Waals surface area contributed by atoms with Crippen molar-refractivity contribution in [3.63, 3.8) is 0 Å². The van der Waals surface area contributed by atoms with Gasteiger partial charge in [0.2, 0.25) is 5.91 Å². The van der Waals surface area contributed by atoms with E-state index in [0.717, 1.165) is 33.8 Å². The van der Waals surface area contributed by atoms with Crippen LogP contribution in [0.4, 0.5) is 5.69 Å². The van der Waals surface area contributed by atoms with E-state index in [1.165, 1.54) is 11.8 Å². The lowest BCUT2D eigenvalue weighted by Gasteiger charge is -2.14. The molecule has 1 amide bonds. The first-order valence-corrected chi connectivity index (χ1v) is 9.72. The fourth-order valence-electron chi connectivity index (χ4n) is 2.42. The Bertz CT molecular complexity index is 848. The molecular formula is C17H19N3O2S2. The second-order valence-corrected chi connectivity index (χ2v) is 8.17. The third-order valence-corrected chi connectivity index (χ3v) is 5.83. The minimum absolute atomic E-state index is 0.0883. The zero-order valence-corrected chi connectivity index (χ0v) is 15.4. The monoisotopic (exact) mass is 361 g/mol. The number of thioether (sulfide) groups is 2. The number of carbonyl (C=O) groups excluding carboxylic acids is 1. The lowest BCUT2D eigenvalue weighted by atomic mass is 10.1. The molecule has 1 aromatic heterocycles. The molecule has 0 saturated heterocycles. The van der Waals surface area contributed by atoms with E-state index in [4.69, 9.17) is 0 Å². The summed E-state index contributed by atoms with van der Waals surface area (Å²) >= 11 is 2.96. The summed E-state index contributed by atoms with van der Waals surface area (Å²) in [6.45, 7) is 5.77. The molecule has 2 aromatic rings. The Kier molecular flexibility index (Phi) is 5.01. The molecule has 0 aliphatic carbocycles. The third-order valence-electron chi connectivity index (χ3n) is 3.87. The Morgan fingerprint density at radius 1 is 1.38 bits per heavy atom. The summed E-state index contributed by atoms with van der Waals surface area (Å²) in [5.41, 5.74) is 4.45. The molecule has 0 saturated carbocycles. The predicted octanol–water partition coefficient (Wildman–Crippen LogP) is 3.25. The van der Waals surface area contributed by atoms with E-state index in [9.17, 15) is 9.59 Å². The maximum absolute atomic E-state index is 12.4. The van der Waals surface area contributed by atoms with Gasteiger partial charge in [-0.3, -0.25) is 9.59 Å². The molecule has 2 N–H and O–H groups in total. The molecule has 0 bridgehead atoms. The first kappa shape index (κ1) is 17.1. The molecule has 7 heteroatoms. The summed E-state index contributed by atoms with van der Waals surface area (Å²) in [5, 5.41) is 3.10. The summed E-state index contributed by atoms with van der Waals surface area (Å²) in [6.07, 6.45) is 0. The lowest BCUT2D eigenvalue weighted by molar-refractivity contribution is -0.115. The van der Waals surface area contributed by atoms with E-state index in [2.05, 4.69) is 15.3 Å². The van der Waals surface area contributed by atoms with Crippen LogP contribution in [0.25, 0.3) is 0 Å². The van der Waals surface area contributed by atoms with Crippen LogP contribution < -0.4 is 10.9 Å². The lowest BCUT2D eigenvalue weighted by Crippen LogP contribution is -2.24. The molecule has 0 radical (unpaired) electrons. The highest BCUT2D eigenvalue weighted by molar-refractivity contribution is 8.00. The van der Waals surface area contributed by atoms with Crippen LogP contribution in [-0.4, -0.2) is 21.1 Å². The number of H-pyrrole nitrogens is 1. The first-order valence-electron chi connectivity index (χ1n) is 7.68. The maximum Gasteiger partial charge on any atom is 0.255 e. The third kappa shape index (κ3) is 3.67. The van der Waals surface area contributed by atoms with E-state index in [1.54, 1.807) is 11.8 Å². The summed E-state index contributed by atoms with van der Waals surface area (Å²) < 4.78 is 0. The van der Waals surface area contributed by atoms with Crippen molar-refractivity contribution in [3.8, 4) is 0 Å². The smallest absolute Gasteiger partial charge is 0.255 e. The molecule has 5 nitrogen and oxygen atoms in total. The van der Waals surface area contributed by atoms with Gasteiger partial charge in [0.1, 0.15) is 0 Å². The Morgan fingerprint density at radius 3 is 2.96 bits per heavy atom. The molecule has 2 heterocycles. The van der Waals surface area contributed by atoms with Crippen LogP contribution in [0.3, 0.4) is 0 Å². The molecule has 0 spiro atoms. The predicted molar refractivity (Wildman–Crippen MR) is 99.7 cm³/mol. The normalized spacial score (nSPS) is 14.3. The van der Waals surface area contributed by atoms with Crippen LogP contribution in [0.15, 0.2) is 28.2 Å². The van der Waals surface area contributed by atoms with Crippen molar-refractivity contribution in [3.05, 3.63) is 50.9 Å². The Morgan fingerprint density at radius 2 is 2.17 bits per heavy atom. The quantitative estimate of drug-likeness (QED) is 0.646. The number of fused-ring (bicyclic) bond motifs is 1. The van der Waals surface area contributed by atoms with Gasteiger partial charge in [-0.25, -0.2) is 4.98 Å². The summed E-state index contributed by atoms with van der Waals surface area (Å²) in [5.74, 6) is 1.37. The SMILES string of the molecule is Cc1ccc(C)c(NC(=O)C(C)Sc2nc3c(c(=O)[nH]2)CSC3)c1. The molecule has 1 atom stereocenters. The van der Waals surface area contributed by atoms with Crippen LogP contribution in [0.1, 0.15) is 29.3 Å². The van der Waals surface area contributed by atoms with Crippen molar-refractivity contribution in [2.45, 2.75) is 42.7 Å². The number of aryl methyl sites for hydroxylation is 2. The highest BCUT2D eigenvalue weighted by Crippen LogP contribution is 2.28. The fourth-order valence-corrected chi connectivity index (χ4v) is 4.27. The number of rotatable bonds is 4. The molecule has 24 heavy (non-hydrogen) atoms. The summed E-state index contributed by atoms with van der Waals surface area (Å²) in [4.78, 5) is 31.7. The average molecular weight is 361 g/mol. The molecule has 3 rings (SSSR count). The standard InChI is InChI=1S/C17H19N3O2S2/c1-9-4-5-10(2)13(6-9)18-15(21)11(3)24-17-19-14-8-23-7-12(14)16(22)20-17/h4-6,11H,7-8H2,1-3H3,(H,18,21)(H,19,20,22). The number of nitrogens with one attached hydrogen (secondary N) is 2. The topological polar surface area (TPSA) is 74.8 Å². The molecular weight excluding hydrogens is 342 g/mol. The van der Waals surface area contributed by atoms with E-state index in [-0.39, 0.29) is 16.7 Å². The van der Waals surface area contributed by atoms with E-state index in [0.29, 0.717) is 10.9 Å². The number of carbonyl (C=O) groups is 1. The number of anilines is 1. The zero-order chi connectivity index (χ0) is 17.3. The van der Waals surface area contributed by atoms with Crippen molar-refractivity contribution in [2.75, 3.05) is 5.32 Å². The number of benzene rings is 1. The molecule has 1 aliphatic rings. The van der Waals surface area contributed by atoms with Crippen molar-refractivity contribution in [2.24, 2.45) is 0 Å². The molecule has 1 unspecified atom stereocenters. The minimum Gasteiger partial charge on any atom is -0.325 e. The minimum atomic E-state index is -0.361. The van der Waals surface area contributed by atoms with Crippen LogP contribution in [0.5, 0.6) is 0 Å². The highest BCUT2D eigenvalue weighted by atomic mass is 32.2. The Balaban J connectivity index is 1.72. The zero-order valence-electron chi connectivity index (χ0n) is 13.8. The number of aromatic nitrogens is 2. The largest absolute Gasteiger partial charge is 0.325 e. The second-order valence-electron chi connectivity index (χ2n) is 5.86. The highest BCUT2D eigenvalue weighted by Gasteiger charge is 2.21.